The third-order valence-corrected chi connectivity index (χ3v) is 12.6. The van der Waals surface area contributed by atoms with E-state index in [0.29, 0.717) is 11.5 Å². The van der Waals surface area contributed by atoms with Crippen molar-refractivity contribution >= 4 is 62.6 Å². The van der Waals surface area contributed by atoms with Gasteiger partial charge in [-0.15, -0.1) is 29.8 Å². The average molecular weight is 881 g/mol. The maximum atomic E-state index is 6.70. The molecule has 0 saturated carbocycles. The third kappa shape index (κ3) is 4.16. The number of aryl methyl sites for hydroxylation is 2. The number of pyridine rings is 2. The molecule has 8 aromatic rings. The Morgan fingerprint density at radius 1 is 0.685 bits per heavy atom. The molecular weight excluding hydrogens is 844 g/mol. The van der Waals surface area contributed by atoms with Crippen LogP contribution >= 0.6 is 0 Å². The van der Waals surface area contributed by atoms with Gasteiger partial charge in [-0.25, -0.2) is 4.98 Å². The van der Waals surface area contributed by atoms with Gasteiger partial charge in [-0.1, -0.05) is 116 Å². The van der Waals surface area contributed by atoms with Crippen molar-refractivity contribution in [2.45, 2.75) is 52.4 Å². The normalized spacial score (nSPS) is 15.6. The van der Waals surface area contributed by atoms with Gasteiger partial charge in [0.2, 0.25) is 0 Å². The summed E-state index contributed by atoms with van der Waals surface area (Å²) in [6.45, 7) is 13.6. The molecule has 6 nitrogen and oxygen atoms in total. The minimum atomic E-state index is -0.143. The number of fused-ring (bicyclic) bond motifs is 11. The van der Waals surface area contributed by atoms with Crippen LogP contribution in [0.1, 0.15) is 50.1 Å². The van der Waals surface area contributed by atoms with Crippen molar-refractivity contribution in [3.8, 4) is 22.6 Å². The van der Waals surface area contributed by atoms with Crippen molar-refractivity contribution in [1.29, 1.82) is 0 Å². The van der Waals surface area contributed by atoms with Crippen molar-refractivity contribution in [3.05, 3.63) is 144 Å². The van der Waals surface area contributed by atoms with Gasteiger partial charge in [-0.05, 0) is 53.5 Å². The van der Waals surface area contributed by atoms with Crippen molar-refractivity contribution in [2.75, 3.05) is 9.62 Å². The van der Waals surface area contributed by atoms with Gasteiger partial charge in [0.15, 0.2) is 0 Å². The molecule has 54 heavy (non-hydrogen) atoms. The quantitative estimate of drug-likeness (QED) is 0.101. The predicted octanol–water partition coefficient (Wildman–Crippen LogP) is 10.3. The summed E-state index contributed by atoms with van der Waals surface area (Å²) in [5.74, 6) is 2.14. The molecule has 0 amide bonds. The molecule has 0 aliphatic carbocycles. The minimum Gasteiger partial charge on any atom is -0.503 e. The molecule has 11 rings (SSSR count). The summed E-state index contributed by atoms with van der Waals surface area (Å²) in [6.07, 6.45) is 3.94. The fourth-order valence-electron chi connectivity index (χ4n) is 9.37. The van der Waals surface area contributed by atoms with Crippen molar-refractivity contribution in [3.63, 3.8) is 0 Å². The zero-order valence-corrected chi connectivity index (χ0v) is 33.2. The van der Waals surface area contributed by atoms with Crippen LogP contribution in [0.3, 0.4) is 0 Å². The van der Waals surface area contributed by atoms with E-state index in [9.17, 15) is 0 Å². The van der Waals surface area contributed by atoms with Gasteiger partial charge in [0.05, 0.1) is 11.3 Å². The van der Waals surface area contributed by atoms with Crippen LogP contribution in [0.4, 0.5) is 22.9 Å². The average Bonchev–Trinajstić information content (AvgIpc) is 3.76. The van der Waals surface area contributed by atoms with E-state index in [0.717, 1.165) is 39.2 Å². The van der Waals surface area contributed by atoms with E-state index < -0.39 is 0 Å². The molecule has 0 unspecified atom stereocenters. The summed E-state index contributed by atoms with van der Waals surface area (Å²) >= 11 is 0. The molecule has 0 radical (unpaired) electrons. The van der Waals surface area contributed by atoms with Crippen LogP contribution in [-0.4, -0.2) is 21.4 Å². The van der Waals surface area contributed by atoms with Crippen LogP contribution in [0.2, 0.25) is 0 Å². The summed E-state index contributed by atoms with van der Waals surface area (Å²) in [7, 11) is 0. The maximum absolute atomic E-state index is 6.70. The van der Waals surface area contributed by atoms with E-state index in [1.807, 2.05) is 24.4 Å². The minimum absolute atomic E-state index is 0. The number of rotatable bonds is 3. The van der Waals surface area contributed by atoms with Crippen LogP contribution in [0, 0.1) is 26.0 Å². The smallest absolute Gasteiger partial charge is 0.503 e. The molecule has 8 heteroatoms. The molecule has 0 fully saturated rings. The van der Waals surface area contributed by atoms with Crippen LogP contribution in [-0.2, 0) is 31.9 Å². The number of para-hydroxylation sites is 2. The number of ether oxygens (including phenoxy) is 1. The standard InChI is InChI=1S/C46H36BN5O.Pt/c1-27-12-9-13-28(2)41(27)51-38-18-11-23-48-44(38)52-39-25-30(20-22-33(39)32-14-7-8-17-37(32)47(51)52)53-29-19-21-31-34-15-10-16-36-42(34)50-40(46(5,6)45(36,3)4)26-49-43(50)35(31)24-29;/h7-23,26H,1-6H3;/q-2;+2. The van der Waals surface area contributed by atoms with Crippen molar-refractivity contribution < 1.29 is 25.8 Å². The third-order valence-electron chi connectivity index (χ3n) is 12.6. The second-order valence-electron chi connectivity index (χ2n) is 15.8. The second kappa shape index (κ2) is 11.3. The molecule has 0 bridgehead atoms. The van der Waals surface area contributed by atoms with Gasteiger partial charge < -0.3 is 18.8 Å². The number of benzene rings is 5. The largest absolute Gasteiger partial charge is 2.00 e. The Hall–Kier alpha value is -5.39. The first-order chi connectivity index (χ1) is 25.6. The Morgan fingerprint density at radius 2 is 1.44 bits per heavy atom. The number of nitrogens with zero attached hydrogens (tertiary/aromatic N) is 5. The first-order valence-electron chi connectivity index (χ1n) is 18.4. The Balaban J connectivity index is 0.00000361. The number of hydrogen-bond donors (Lipinski definition) is 0. The van der Waals surface area contributed by atoms with Crippen LogP contribution < -0.4 is 19.8 Å². The molecule has 0 atom stereocenters. The van der Waals surface area contributed by atoms with Gasteiger partial charge in [0.25, 0.3) is 0 Å². The van der Waals surface area contributed by atoms with Gasteiger partial charge in [0, 0.05) is 51.6 Å². The zero-order valence-electron chi connectivity index (χ0n) is 30.9. The molecule has 0 saturated heterocycles. The monoisotopic (exact) mass is 880 g/mol. The van der Waals surface area contributed by atoms with E-state index in [-0.39, 0.29) is 38.9 Å². The summed E-state index contributed by atoms with van der Waals surface area (Å²) in [6, 6.07) is 41.8. The zero-order chi connectivity index (χ0) is 36.0. The van der Waals surface area contributed by atoms with Crippen LogP contribution in [0.15, 0.2) is 109 Å². The van der Waals surface area contributed by atoms with Crippen molar-refractivity contribution in [2.24, 2.45) is 0 Å². The Labute approximate surface area is 329 Å². The molecule has 3 aliphatic rings. The fourth-order valence-corrected chi connectivity index (χ4v) is 9.37. The second-order valence-corrected chi connectivity index (χ2v) is 15.8. The first kappa shape index (κ1) is 33.2. The number of aromatic nitrogens is 3. The Bertz CT molecular complexity index is 2880. The molecular formula is C46H36BN5OPt. The van der Waals surface area contributed by atoms with Crippen LogP contribution in [0.5, 0.6) is 11.5 Å². The fraction of sp³-hybridized carbons (Fsp3) is 0.174. The van der Waals surface area contributed by atoms with E-state index >= 15 is 0 Å². The van der Waals surface area contributed by atoms with Gasteiger partial charge in [0.1, 0.15) is 5.82 Å². The van der Waals surface area contributed by atoms with E-state index in [1.54, 1.807) is 0 Å². The summed E-state index contributed by atoms with van der Waals surface area (Å²) in [5.41, 5.74) is 13.7. The topological polar surface area (TPSA) is 45.9 Å². The Morgan fingerprint density at radius 3 is 2.28 bits per heavy atom. The van der Waals surface area contributed by atoms with E-state index in [1.165, 1.54) is 50.0 Å². The Kier molecular flexibility index (Phi) is 6.96. The molecule has 5 aromatic carbocycles. The summed E-state index contributed by atoms with van der Waals surface area (Å²) < 4.78 is 9.06. The maximum Gasteiger partial charge on any atom is 2.00 e. The van der Waals surface area contributed by atoms with Crippen LogP contribution in [0.25, 0.3) is 38.4 Å². The number of anilines is 4. The molecule has 0 N–H and O–H groups in total. The number of hydrogen-bond acceptors (Lipinski definition) is 5. The van der Waals surface area contributed by atoms with Gasteiger partial charge in [-0.3, -0.25) is 4.98 Å². The van der Waals surface area contributed by atoms with Gasteiger partial charge >= 0.3 is 28.0 Å². The molecule has 3 aromatic heterocycles. The molecule has 6 heterocycles. The van der Waals surface area contributed by atoms with E-state index in [2.05, 4.69) is 153 Å². The van der Waals surface area contributed by atoms with Crippen molar-refractivity contribution in [1.82, 2.24) is 14.4 Å². The first-order valence-corrected chi connectivity index (χ1v) is 18.4. The SMILES string of the molecule is Cc1cccc(C)c1N1B2c3ccccc3-c3ccc(Oc4[c-]c5c(cc4)c4cccc6c4n4c(cnc54)C(C)(C)C6(C)C)[c-]c3N2c2ncccc21.[Pt+2]. The van der Waals surface area contributed by atoms with E-state index in [4.69, 9.17) is 14.7 Å². The number of imidazole rings is 1. The van der Waals surface area contributed by atoms with Gasteiger partial charge in [-0.2, -0.15) is 6.07 Å². The predicted molar refractivity (Wildman–Crippen MR) is 216 cm³/mol. The summed E-state index contributed by atoms with van der Waals surface area (Å²) in [4.78, 5) is 14.8. The molecule has 3 aliphatic heterocycles. The molecule has 264 valence electrons. The summed E-state index contributed by atoms with van der Waals surface area (Å²) in [5, 5.41) is 3.27. The molecule has 0 spiro atoms.